The molecular formula is C25H27ClN2O7S. The molecule has 0 radical (unpaired) electrons. The molecule has 1 N–H and O–H groups in total. The zero-order valence-electron chi connectivity index (χ0n) is 20.3. The van der Waals surface area contributed by atoms with E-state index in [1.807, 2.05) is 6.07 Å². The normalized spacial score (nSPS) is 11.2. The second-order valence-electron chi connectivity index (χ2n) is 7.51. The molecule has 11 heteroatoms. The minimum atomic E-state index is -4.12. The highest BCUT2D eigenvalue weighted by molar-refractivity contribution is 7.89. The first-order valence-corrected chi connectivity index (χ1v) is 12.5. The maximum Gasteiger partial charge on any atom is 0.243 e. The van der Waals surface area contributed by atoms with Gasteiger partial charge in [0.15, 0.2) is 11.5 Å². The number of rotatable bonds is 11. The van der Waals surface area contributed by atoms with Crippen LogP contribution in [0.3, 0.4) is 0 Å². The van der Waals surface area contributed by atoms with Crippen molar-refractivity contribution in [3.05, 3.63) is 71.2 Å². The van der Waals surface area contributed by atoms with Crippen LogP contribution in [-0.4, -0.2) is 53.6 Å². The maximum atomic E-state index is 13.6. The van der Waals surface area contributed by atoms with E-state index in [2.05, 4.69) is 5.32 Å². The van der Waals surface area contributed by atoms with Crippen LogP contribution in [-0.2, 0) is 21.4 Å². The Morgan fingerprint density at radius 1 is 0.833 bits per heavy atom. The lowest BCUT2D eigenvalue weighted by molar-refractivity contribution is -0.116. The van der Waals surface area contributed by atoms with Gasteiger partial charge in [-0.1, -0.05) is 41.9 Å². The highest BCUT2D eigenvalue weighted by atomic mass is 35.5. The number of ether oxygens (including phenoxy) is 4. The van der Waals surface area contributed by atoms with E-state index < -0.39 is 22.5 Å². The number of methoxy groups -OCH3 is 4. The summed E-state index contributed by atoms with van der Waals surface area (Å²) in [5, 5.41) is 2.99. The standard InChI is InChI=1S/C25H27ClN2O7S/c1-32-21-11-10-18(12-24(21)35-4)36(30,31)28(15-17-8-6-5-7-9-17)16-25(29)27-20-14-22(33-2)19(26)13-23(20)34-3/h5-14H,15-16H2,1-4H3,(H,27,29). The highest BCUT2D eigenvalue weighted by Gasteiger charge is 2.28. The fraction of sp³-hybridized carbons (Fsp3) is 0.240. The third kappa shape index (κ3) is 6.20. The van der Waals surface area contributed by atoms with E-state index in [9.17, 15) is 13.2 Å². The fourth-order valence-electron chi connectivity index (χ4n) is 3.45. The predicted molar refractivity (Wildman–Crippen MR) is 137 cm³/mol. The van der Waals surface area contributed by atoms with Gasteiger partial charge in [-0.05, 0) is 17.7 Å². The van der Waals surface area contributed by atoms with Crippen molar-refractivity contribution in [3.63, 3.8) is 0 Å². The molecule has 0 aliphatic rings. The quantitative estimate of drug-likeness (QED) is 0.393. The monoisotopic (exact) mass is 534 g/mol. The summed E-state index contributed by atoms with van der Waals surface area (Å²) in [6.07, 6.45) is 0. The Bertz CT molecular complexity index is 1320. The Hall–Kier alpha value is -3.47. The van der Waals surface area contributed by atoms with Crippen LogP contribution in [0.2, 0.25) is 5.02 Å². The molecule has 0 aliphatic heterocycles. The number of hydrogen-bond acceptors (Lipinski definition) is 7. The van der Waals surface area contributed by atoms with Crippen molar-refractivity contribution < 1.29 is 32.2 Å². The van der Waals surface area contributed by atoms with E-state index >= 15 is 0 Å². The second kappa shape index (κ2) is 12.0. The zero-order chi connectivity index (χ0) is 26.3. The molecule has 3 aromatic rings. The molecule has 0 atom stereocenters. The van der Waals surface area contributed by atoms with Crippen molar-refractivity contribution in [1.29, 1.82) is 0 Å². The Morgan fingerprint density at radius 2 is 1.47 bits per heavy atom. The highest BCUT2D eigenvalue weighted by Crippen LogP contribution is 2.36. The molecule has 192 valence electrons. The van der Waals surface area contributed by atoms with Crippen molar-refractivity contribution in [1.82, 2.24) is 4.31 Å². The number of sulfonamides is 1. The SMILES string of the molecule is COc1cc(NC(=O)CN(Cc2ccccc2)S(=O)(=O)c2ccc(OC)c(OC)c2)c(OC)cc1Cl. The van der Waals surface area contributed by atoms with Crippen LogP contribution in [0.15, 0.2) is 65.6 Å². The van der Waals surface area contributed by atoms with Crippen LogP contribution < -0.4 is 24.3 Å². The maximum absolute atomic E-state index is 13.6. The summed E-state index contributed by atoms with van der Waals surface area (Å²) in [5.41, 5.74) is 0.993. The van der Waals surface area contributed by atoms with E-state index in [4.69, 9.17) is 30.5 Å². The molecule has 3 rings (SSSR count). The van der Waals surface area contributed by atoms with Crippen LogP contribution in [0.25, 0.3) is 0 Å². The molecule has 0 heterocycles. The van der Waals surface area contributed by atoms with Gasteiger partial charge >= 0.3 is 0 Å². The van der Waals surface area contributed by atoms with Crippen molar-refractivity contribution in [2.24, 2.45) is 0 Å². The van der Waals surface area contributed by atoms with Crippen LogP contribution in [0.5, 0.6) is 23.0 Å². The molecule has 36 heavy (non-hydrogen) atoms. The molecule has 0 bridgehead atoms. The average Bonchev–Trinajstić information content (AvgIpc) is 2.89. The average molecular weight is 535 g/mol. The summed E-state index contributed by atoms with van der Waals surface area (Å²) in [6.45, 7) is -0.508. The number of carbonyl (C=O) groups excluding carboxylic acids is 1. The van der Waals surface area contributed by atoms with E-state index in [1.54, 1.807) is 24.3 Å². The second-order valence-corrected chi connectivity index (χ2v) is 9.86. The number of nitrogens with zero attached hydrogens (tertiary/aromatic N) is 1. The van der Waals surface area contributed by atoms with Crippen molar-refractivity contribution >= 4 is 33.2 Å². The van der Waals surface area contributed by atoms with Gasteiger partial charge in [-0.3, -0.25) is 4.79 Å². The predicted octanol–water partition coefficient (Wildman–Crippen LogP) is 4.20. The molecule has 0 aliphatic carbocycles. The zero-order valence-corrected chi connectivity index (χ0v) is 21.9. The van der Waals surface area contributed by atoms with Crippen LogP contribution in [0, 0.1) is 0 Å². The van der Waals surface area contributed by atoms with Gasteiger partial charge in [0.2, 0.25) is 15.9 Å². The van der Waals surface area contributed by atoms with Gasteiger partial charge in [-0.25, -0.2) is 8.42 Å². The molecule has 0 unspecified atom stereocenters. The molecule has 0 saturated heterocycles. The molecule has 0 fully saturated rings. The summed E-state index contributed by atoms with van der Waals surface area (Å²) in [7, 11) is 1.62. The number of amides is 1. The first kappa shape index (κ1) is 27.1. The summed E-state index contributed by atoms with van der Waals surface area (Å²) < 4.78 is 49.4. The molecule has 9 nitrogen and oxygen atoms in total. The number of halogens is 1. The molecule has 3 aromatic carbocycles. The van der Waals surface area contributed by atoms with Gasteiger partial charge in [0.25, 0.3) is 0 Å². The van der Waals surface area contributed by atoms with Crippen molar-refractivity contribution in [2.45, 2.75) is 11.4 Å². The van der Waals surface area contributed by atoms with Crippen molar-refractivity contribution in [3.8, 4) is 23.0 Å². The first-order valence-electron chi connectivity index (χ1n) is 10.7. The third-order valence-corrected chi connectivity index (χ3v) is 7.35. The number of anilines is 1. The lowest BCUT2D eigenvalue weighted by atomic mass is 10.2. The van der Waals surface area contributed by atoms with Crippen LogP contribution >= 0.6 is 11.6 Å². The molecular weight excluding hydrogens is 508 g/mol. The minimum Gasteiger partial charge on any atom is -0.495 e. The van der Waals surface area contributed by atoms with E-state index in [-0.39, 0.29) is 22.9 Å². The fourth-order valence-corrected chi connectivity index (χ4v) is 5.08. The summed E-state index contributed by atoms with van der Waals surface area (Å²) in [4.78, 5) is 13.0. The smallest absolute Gasteiger partial charge is 0.243 e. The van der Waals surface area contributed by atoms with Crippen LogP contribution in [0.4, 0.5) is 5.69 Å². The van der Waals surface area contributed by atoms with E-state index in [0.29, 0.717) is 27.8 Å². The molecule has 0 aromatic heterocycles. The largest absolute Gasteiger partial charge is 0.495 e. The number of nitrogens with one attached hydrogen (secondary N) is 1. The minimum absolute atomic E-state index is 0.0357. The Kier molecular flexibility index (Phi) is 9.03. The van der Waals surface area contributed by atoms with Gasteiger partial charge in [0, 0.05) is 24.7 Å². The van der Waals surface area contributed by atoms with Gasteiger partial charge < -0.3 is 24.3 Å². The Morgan fingerprint density at radius 3 is 2.08 bits per heavy atom. The molecule has 0 saturated carbocycles. The summed E-state index contributed by atoms with van der Waals surface area (Å²) in [6, 6.07) is 16.2. The Balaban J connectivity index is 1.95. The topological polar surface area (TPSA) is 103 Å². The van der Waals surface area contributed by atoms with Gasteiger partial charge in [0.1, 0.15) is 11.5 Å². The van der Waals surface area contributed by atoms with Crippen molar-refractivity contribution in [2.75, 3.05) is 40.3 Å². The molecule has 0 spiro atoms. The number of benzene rings is 3. The third-order valence-electron chi connectivity index (χ3n) is 5.26. The Labute approximate surface area is 215 Å². The van der Waals surface area contributed by atoms with E-state index in [0.717, 1.165) is 4.31 Å². The lowest BCUT2D eigenvalue weighted by Crippen LogP contribution is -2.37. The van der Waals surface area contributed by atoms with Gasteiger partial charge in [-0.15, -0.1) is 0 Å². The number of hydrogen-bond donors (Lipinski definition) is 1. The van der Waals surface area contributed by atoms with Gasteiger partial charge in [0.05, 0.1) is 50.6 Å². The van der Waals surface area contributed by atoms with E-state index in [1.165, 1.54) is 58.8 Å². The summed E-state index contributed by atoms with van der Waals surface area (Å²) >= 11 is 6.14. The number of carbonyl (C=O) groups is 1. The lowest BCUT2D eigenvalue weighted by Gasteiger charge is -2.23. The van der Waals surface area contributed by atoms with Crippen LogP contribution in [0.1, 0.15) is 5.56 Å². The summed E-state index contributed by atoms with van der Waals surface area (Å²) in [5.74, 6) is 0.671. The van der Waals surface area contributed by atoms with Gasteiger partial charge in [-0.2, -0.15) is 4.31 Å². The first-order chi connectivity index (χ1) is 17.2. The molecule has 1 amide bonds.